The largest absolute Gasteiger partial charge is 0.496 e. The van der Waals surface area contributed by atoms with Crippen LogP contribution in [0.4, 0.5) is 5.69 Å². The van der Waals surface area contributed by atoms with Crippen LogP contribution >= 0.6 is 11.6 Å². The summed E-state index contributed by atoms with van der Waals surface area (Å²) in [5.41, 5.74) is 0.529. The lowest BCUT2D eigenvalue weighted by molar-refractivity contribution is 0.102. The summed E-state index contributed by atoms with van der Waals surface area (Å²) in [6, 6.07) is 9.09. The van der Waals surface area contributed by atoms with E-state index in [9.17, 15) is 13.2 Å². The van der Waals surface area contributed by atoms with Crippen molar-refractivity contribution in [3.63, 3.8) is 0 Å². The fourth-order valence-corrected chi connectivity index (χ4v) is 3.54. The molecule has 146 valence electrons. The van der Waals surface area contributed by atoms with E-state index in [-0.39, 0.29) is 16.2 Å². The van der Waals surface area contributed by atoms with Gasteiger partial charge in [0.15, 0.2) is 0 Å². The summed E-state index contributed by atoms with van der Waals surface area (Å²) in [5, 5.41) is 3.04. The molecule has 0 spiro atoms. The molecule has 0 atom stereocenters. The van der Waals surface area contributed by atoms with Crippen LogP contribution in [0.3, 0.4) is 0 Å². The molecule has 1 N–H and O–H groups in total. The number of anilines is 1. The Morgan fingerprint density at radius 2 is 1.81 bits per heavy atom. The number of halogens is 1. The number of ether oxygens (including phenoxy) is 2. The lowest BCUT2D eigenvalue weighted by atomic mass is 10.2. The number of benzene rings is 2. The van der Waals surface area contributed by atoms with Crippen LogP contribution < -0.4 is 14.8 Å². The summed E-state index contributed by atoms with van der Waals surface area (Å²) in [6.07, 6.45) is 0. The summed E-state index contributed by atoms with van der Waals surface area (Å²) in [7, 11) is 0.530. The second-order valence-electron chi connectivity index (χ2n) is 5.68. The molecule has 0 aliphatic carbocycles. The molecule has 2 rings (SSSR count). The van der Waals surface area contributed by atoms with Crippen molar-refractivity contribution in [3.05, 3.63) is 47.0 Å². The standard InChI is InChI=1S/C18H21ClN2O5S/c1-5-26-16-9-7-13(11-17(16)27(23,24)21(2)3)20-18(22)14-10-12(19)6-8-15(14)25-4/h6-11H,5H2,1-4H3,(H,20,22). The average molecular weight is 413 g/mol. The van der Waals surface area contributed by atoms with Gasteiger partial charge in [-0.25, -0.2) is 12.7 Å². The predicted octanol–water partition coefficient (Wildman–Crippen LogP) is 3.25. The molecule has 0 bridgehead atoms. The Kier molecular flexibility index (Phi) is 6.69. The fourth-order valence-electron chi connectivity index (χ4n) is 2.31. The van der Waals surface area contributed by atoms with Gasteiger partial charge in [-0.05, 0) is 43.3 Å². The topological polar surface area (TPSA) is 84.9 Å². The maximum atomic E-state index is 12.6. The van der Waals surface area contributed by atoms with Gasteiger partial charge >= 0.3 is 0 Å². The van der Waals surface area contributed by atoms with Crippen LogP contribution in [0.25, 0.3) is 0 Å². The number of hydrogen-bond acceptors (Lipinski definition) is 5. The Morgan fingerprint density at radius 3 is 2.41 bits per heavy atom. The van der Waals surface area contributed by atoms with Gasteiger partial charge in [0.2, 0.25) is 10.0 Å². The van der Waals surface area contributed by atoms with Crippen molar-refractivity contribution < 1.29 is 22.7 Å². The Labute approximate surface area is 163 Å². The second kappa shape index (κ2) is 8.60. The Morgan fingerprint density at radius 1 is 1.15 bits per heavy atom. The molecule has 0 aliphatic heterocycles. The SMILES string of the molecule is CCOc1ccc(NC(=O)c2cc(Cl)ccc2OC)cc1S(=O)(=O)N(C)C. The van der Waals surface area contributed by atoms with Crippen LogP contribution in [0.5, 0.6) is 11.5 Å². The number of carbonyl (C=O) groups is 1. The number of nitrogens with zero attached hydrogens (tertiary/aromatic N) is 1. The van der Waals surface area contributed by atoms with Gasteiger partial charge in [-0.1, -0.05) is 11.6 Å². The van der Waals surface area contributed by atoms with Crippen molar-refractivity contribution in [2.45, 2.75) is 11.8 Å². The maximum Gasteiger partial charge on any atom is 0.259 e. The van der Waals surface area contributed by atoms with Gasteiger partial charge in [0.05, 0.1) is 19.3 Å². The van der Waals surface area contributed by atoms with E-state index >= 15 is 0 Å². The van der Waals surface area contributed by atoms with Crippen LogP contribution in [0, 0.1) is 0 Å². The molecule has 2 aromatic carbocycles. The van der Waals surface area contributed by atoms with E-state index < -0.39 is 15.9 Å². The van der Waals surface area contributed by atoms with Gasteiger partial charge in [0, 0.05) is 24.8 Å². The van der Waals surface area contributed by atoms with Crippen molar-refractivity contribution in [1.82, 2.24) is 4.31 Å². The normalized spacial score (nSPS) is 11.3. The van der Waals surface area contributed by atoms with Crippen LogP contribution in [-0.2, 0) is 10.0 Å². The zero-order chi connectivity index (χ0) is 20.2. The molecule has 0 fully saturated rings. The fraction of sp³-hybridized carbons (Fsp3) is 0.278. The van der Waals surface area contributed by atoms with Crippen LogP contribution in [0.1, 0.15) is 17.3 Å². The summed E-state index contributed by atoms with van der Waals surface area (Å²) in [5.74, 6) is 0.0835. The molecule has 0 saturated heterocycles. The van der Waals surface area contributed by atoms with E-state index in [1.165, 1.54) is 39.4 Å². The van der Waals surface area contributed by atoms with Gasteiger partial charge < -0.3 is 14.8 Å². The summed E-state index contributed by atoms with van der Waals surface area (Å²) in [6.45, 7) is 2.06. The average Bonchev–Trinajstić information content (AvgIpc) is 2.62. The van der Waals surface area contributed by atoms with Gasteiger partial charge in [-0.15, -0.1) is 0 Å². The molecule has 2 aromatic rings. The zero-order valence-corrected chi connectivity index (χ0v) is 17.0. The minimum Gasteiger partial charge on any atom is -0.496 e. The monoisotopic (exact) mass is 412 g/mol. The Bertz CT molecular complexity index is 945. The lowest BCUT2D eigenvalue weighted by Gasteiger charge is -2.17. The van der Waals surface area contributed by atoms with E-state index in [0.717, 1.165) is 4.31 Å². The first-order chi connectivity index (χ1) is 12.7. The van der Waals surface area contributed by atoms with Gasteiger partial charge in [-0.3, -0.25) is 4.79 Å². The number of sulfonamides is 1. The third-order valence-electron chi connectivity index (χ3n) is 3.67. The Balaban J connectivity index is 2.43. The highest BCUT2D eigenvalue weighted by Gasteiger charge is 2.23. The molecule has 0 unspecified atom stereocenters. The zero-order valence-electron chi connectivity index (χ0n) is 15.4. The number of rotatable bonds is 7. The molecule has 0 aliphatic rings. The maximum absolute atomic E-state index is 12.6. The highest BCUT2D eigenvalue weighted by atomic mass is 35.5. The first-order valence-corrected chi connectivity index (χ1v) is 9.86. The number of hydrogen-bond donors (Lipinski definition) is 1. The molecule has 0 heterocycles. The van der Waals surface area contributed by atoms with E-state index in [1.54, 1.807) is 25.1 Å². The predicted molar refractivity (Wildman–Crippen MR) is 104 cm³/mol. The summed E-state index contributed by atoms with van der Waals surface area (Å²) in [4.78, 5) is 12.6. The minimum atomic E-state index is -3.76. The molecule has 0 aromatic heterocycles. The molecule has 27 heavy (non-hydrogen) atoms. The second-order valence-corrected chi connectivity index (χ2v) is 8.24. The van der Waals surface area contributed by atoms with E-state index in [2.05, 4.69) is 5.32 Å². The summed E-state index contributed by atoms with van der Waals surface area (Å²) >= 11 is 5.96. The number of carbonyl (C=O) groups excluding carboxylic acids is 1. The lowest BCUT2D eigenvalue weighted by Crippen LogP contribution is -2.23. The van der Waals surface area contributed by atoms with Gasteiger partial charge in [0.25, 0.3) is 5.91 Å². The third-order valence-corrected chi connectivity index (χ3v) is 5.74. The Hall–Kier alpha value is -2.29. The van der Waals surface area contributed by atoms with Crippen molar-refractivity contribution in [1.29, 1.82) is 0 Å². The first kappa shape index (κ1) is 21.0. The smallest absolute Gasteiger partial charge is 0.259 e. The molecular weight excluding hydrogens is 392 g/mol. The number of amides is 1. The first-order valence-electron chi connectivity index (χ1n) is 8.05. The quantitative estimate of drug-likeness (QED) is 0.754. The van der Waals surface area contributed by atoms with Crippen LogP contribution in [0.2, 0.25) is 5.02 Å². The molecule has 7 nitrogen and oxygen atoms in total. The van der Waals surface area contributed by atoms with Crippen LogP contribution in [0.15, 0.2) is 41.3 Å². The molecule has 9 heteroatoms. The van der Waals surface area contributed by atoms with Crippen molar-refractivity contribution >= 4 is 33.2 Å². The molecule has 0 saturated carbocycles. The minimum absolute atomic E-state index is 0.0368. The highest BCUT2D eigenvalue weighted by Crippen LogP contribution is 2.30. The van der Waals surface area contributed by atoms with E-state index in [0.29, 0.717) is 23.1 Å². The molecule has 0 radical (unpaired) electrons. The summed E-state index contributed by atoms with van der Waals surface area (Å²) < 4.78 is 36.8. The van der Waals surface area contributed by atoms with Crippen molar-refractivity contribution in [2.24, 2.45) is 0 Å². The van der Waals surface area contributed by atoms with Crippen LogP contribution in [-0.4, -0.2) is 46.4 Å². The van der Waals surface area contributed by atoms with Gasteiger partial charge in [-0.2, -0.15) is 0 Å². The number of nitrogens with one attached hydrogen (secondary N) is 1. The highest BCUT2D eigenvalue weighted by molar-refractivity contribution is 7.89. The molecular formula is C18H21ClN2O5S. The third kappa shape index (κ3) is 4.71. The molecule has 1 amide bonds. The van der Waals surface area contributed by atoms with E-state index in [4.69, 9.17) is 21.1 Å². The van der Waals surface area contributed by atoms with Crippen molar-refractivity contribution in [3.8, 4) is 11.5 Å². The van der Waals surface area contributed by atoms with Crippen molar-refractivity contribution in [2.75, 3.05) is 33.1 Å². The van der Waals surface area contributed by atoms with E-state index in [1.807, 2.05) is 0 Å². The number of methoxy groups -OCH3 is 1. The van der Waals surface area contributed by atoms with Gasteiger partial charge in [0.1, 0.15) is 16.4 Å².